The summed E-state index contributed by atoms with van der Waals surface area (Å²) in [6, 6.07) is 11.6. The molecule has 0 aliphatic rings. The summed E-state index contributed by atoms with van der Waals surface area (Å²) < 4.78 is 86.1. The van der Waals surface area contributed by atoms with Gasteiger partial charge in [-0.25, -0.2) is 8.42 Å². The SMILES string of the molecule is O=[N+]([O-])c1cc(S(=O)(=O)Nc2ccc(Cl)cc2)ccc1N/N=C/c1ccc(OC(F)F)cc1OC(F)F. The molecule has 0 spiro atoms. The Balaban J connectivity index is 1.84. The highest BCUT2D eigenvalue weighted by molar-refractivity contribution is 7.92. The minimum atomic E-state index is -4.21. The van der Waals surface area contributed by atoms with E-state index in [1.54, 1.807) is 0 Å². The topological polar surface area (TPSA) is 132 Å². The molecule has 0 amide bonds. The van der Waals surface area contributed by atoms with Crippen LogP contribution in [0.2, 0.25) is 5.02 Å². The molecular formula is C21H15ClF4N4O6S. The van der Waals surface area contributed by atoms with Crippen LogP contribution in [0.3, 0.4) is 0 Å². The third kappa shape index (κ3) is 7.68. The van der Waals surface area contributed by atoms with E-state index in [9.17, 15) is 36.1 Å². The third-order valence-electron chi connectivity index (χ3n) is 4.39. The van der Waals surface area contributed by atoms with Crippen molar-refractivity contribution in [3.8, 4) is 11.5 Å². The lowest BCUT2D eigenvalue weighted by Crippen LogP contribution is -2.13. The van der Waals surface area contributed by atoms with Gasteiger partial charge in [-0.2, -0.15) is 22.7 Å². The van der Waals surface area contributed by atoms with Crippen LogP contribution in [0, 0.1) is 10.1 Å². The van der Waals surface area contributed by atoms with Gasteiger partial charge in [0.25, 0.3) is 15.7 Å². The zero-order valence-electron chi connectivity index (χ0n) is 18.1. The highest BCUT2D eigenvalue weighted by atomic mass is 35.5. The van der Waals surface area contributed by atoms with Crippen molar-refractivity contribution in [3.05, 3.63) is 81.4 Å². The summed E-state index contributed by atoms with van der Waals surface area (Å²) in [6.45, 7) is -6.49. The highest BCUT2D eigenvalue weighted by Crippen LogP contribution is 2.30. The molecule has 0 heterocycles. The number of benzene rings is 3. The molecule has 0 atom stereocenters. The first kappa shape index (κ1) is 27.5. The maximum Gasteiger partial charge on any atom is 0.387 e. The van der Waals surface area contributed by atoms with E-state index in [-0.39, 0.29) is 16.9 Å². The summed E-state index contributed by atoms with van der Waals surface area (Å²) in [5.74, 6) is -1.00. The van der Waals surface area contributed by atoms with Crippen LogP contribution in [0.25, 0.3) is 0 Å². The lowest BCUT2D eigenvalue weighted by molar-refractivity contribution is -0.384. The van der Waals surface area contributed by atoms with Crippen molar-refractivity contribution < 1.29 is 40.4 Å². The molecule has 0 saturated carbocycles. The largest absolute Gasteiger partial charge is 0.435 e. The van der Waals surface area contributed by atoms with Crippen molar-refractivity contribution in [1.29, 1.82) is 0 Å². The molecular weight excluding hydrogens is 548 g/mol. The van der Waals surface area contributed by atoms with Gasteiger partial charge in [-0.05, 0) is 48.5 Å². The molecule has 0 aliphatic carbocycles. The Morgan fingerprint density at radius 1 is 0.973 bits per heavy atom. The van der Waals surface area contributed by atoms with Gasteiger partial charge < -0.3 is 9.47 Å². The maximum absolute atomic E-state index is 12.7. The fourth-order valence-corrected chi connectivity index (χ4v) is 4.03. The van der Waals surface area contributed by atoms with Crippen molar-refractivity contribution in [1.82, 2.24) is 0 Å². The van der Waals surface area contributed by atoms with E-state index in [4.69, 9.17) is 11.6 Å². The predicted octanol–water partition coefficient (Wildman–Crippen LogP) is 5.70. The number of nitro groups is 1. The van der Waals surface area contributed by atoms with Gasteiger partial charge in [-0.3, -0.25) is 20.3 Å². The van der Waals surface area contributed by atoms with E-state index in [1.807, 2.05) is 0 Å². The van der Waals surface area contributed by atoms with Crippen LogP contribution in [0.15, 0.2) is 70.7 Å². The van der Waals surface area contributed by atoms with Gasteiger partial charge in [-0.1, -0.05) is 11.6 Å². The third-order valence-corrected chi connectivity index (χ3v) is 6.02. The molecule has 3 aromatic carbocycles. The standard InChI is InChI=1S/C21H15ClF4N4O6S/c22-13-2-4-14(5-3-13)29-37(33,34)16-7-8-17(18(10-16)30(31)32)28-27-11-12-1-6-15(35-20(23)24)9-19(12)36-21(25)26/h1-11,20-21,28-29H/b27-11+. The molecule has 0 radical (unpaired) electrons. The molecule has 10 nitrogen and oxygen atoms in total. The lowest BCUT2D eigenvalue weighted by Gasteiger charge is -2.11. The molecule has 0 aromatic heterocycles. The quantitative estimate of drug-likeness (QED) is 0.133. The number of nitrogens with zero attached hydrogens (tertiary/aromatic N) is 2. The van der Waals surface area contributed by atoms with E-state index >= 15 is 0 Å². The number of nitrogens with one attached hydrogen (secondary N) is 2. The Hall–Kier alpha value is -4.11. The monoisotopic (exact) mass is 562 g/mol. The average molecular weight is 563 g/mol. The lowest BCUT2D eigenvalue weighted by atomic mass is 10.2. The molecule has 0 fully saturated rings. The van der Waals surface area contributed by atoms with Gasteiger partial charge in [-0.15, -0.1) is 0 Å². The number of halogens is 5. The van der Waals surface area contributed by atoms with E-state index in [2.05, 4.69) is 24.7 Å². The number of sulfonamides is 1. The first-order valence-electron chi connectivity index (χ1n) is 9.84. The number of hydrazone groups is 1. The number of anilines is 2. The number of ether oxygens (including phenoxy) is 2. The summed E-state index contributed by atoms with van der Waals surface area (Å²) >= 11 is 5.77. The van der Waals surface area contributed by atoms with Crippen molar-refractivity contribution in [3.63, 3.8) is 0 Å². The van der Waals surface area contributed by atoms with Crippen LogP contribution in [0.4, 0.5) is 34.6 Å². The van der Waals surface area contributed by atoms with Crippen LogP contribution in [-0.4, -0.2) is 32.8 Å². The molecule has 16 heteroatoms. The van der Waals surface area contributed by atoms with E-state index in [1.165, 1.54) is 24.3 Å². The van der Waals surface area contributed by atoms with Crippen LogP contribution < -0.4 is 19.6 Å². The van der Waals surface area contributed by atoms with Crippen molar-refractivity contribution >= 4 is 44.9 Å². The van der Waals surface area contributed by atoms with Crippen molar-refractivity contribution in [2.45, 2.75) is 18.1 Å². The molecule has 3 rings (SSSR count). The van der Waals surface area contributed by atoms with Crippen molar-refractivity contribution in [2.24, 2.45) is 5.10 Å². The normalized spacial score (nSPS) is 11.6. The van der Waals surface area contributed by atoms with Crippen LogP contribution in [-0.2, 0) is 10.0 Å². The summed E-state index contributed by atoms with van der Waals surface area (Å²) in [5.41, 5.74) is 1.47. The van der Waals surface area contributed by atoms with Crippen LogP contribution in [0.5, 0.6) is 11.5 Å². The second-order valence-corrected chi connectivity index (χ2v) is 8.99. The number of alkyl halides is 4. The predicted molar refractivity (Wildman–Crippen MR) is 126 cm³/mol. The maximum atomic E-state index is 12.7. The zero-order chi connectivity index (χ0) is 27.2. The smallest absolute Gasteiger partial charge is 0.387 e. The minimum absolute atomic E-state index is 0.108. The molecule has 196 valence electrons. The number of hydrogen-bond acceptors (Lipinski definition) is 8. The first-order chi connectivity index (χ1) is 17.4. The molecule has 0 saturated heterocycles. The van der Waals surface area contributed by atoms with E-state index in [0.29, 0.717) is 5.02 Å². The average Bonchev–Trinajstić information content (AvgIpc) is 2.81. The van der Waals surface area contributed by atoms with Gasteiger partial charge in [0, 0.05) is 28.4 Å². The molecule has 37 heavy (non-hydrogen) atoms. The molecule has 2 N–H and O–H groups in total. The van der Waals surface area contributed by atoms with E-state index < -0.39 is 50.3 Å². The van der Waals surface area contributed by atoms with Gasteiger partial charge >= 0.3 is 13.2 Å². The Labute approximate surface area is 211 Å². The fraction of sp³-hybridized carbons (Fsp3) is 0.0952. The Morgan fingerprint density at radius 2 is 1.65 bits per heavy atom. The second kappa shape index (κ2) is 11.7. The first-order valence-corrected chi connectivity index (χ1v) is 11.7. The molecule has 0 unspecified atom stereocenters. The Bertz CT molecular complexity index is 1410. The van der Waals surface area contributed by atoms with Gasteiger partial charge in [0.15, 0.2) is 0 Å². The van der Waals surface area contributed by atoms with Gasteiger partial charge in [0.05, 0.1) is 16.0 Å². The highest BCUT2D eigenvalue weighted by Gasteiger charge is 2.22. The summed E-state index contributed by atoms with van der Waals surface area (Å²) in [6.07, 6.45) is 0.931. The molecule has 3 aromatic rings. The second-order valence-electron chi connectivity index (χ2n) is 6.88. The van der Waals surface area contributed by atoms with Crippen LogP contribution in [0.1, 0.15) is 5.56 Å². The zero-order valence-corrected chi connectivity index (χ0v) is 19.7. The minimum Gasteiger partial charge on any atom is -0.435 e. The summed E-state index contributed by atoms with van der Waals surface area (Å²) in [5, 5.41) is 15.6. The Kier molecular flexibility index (Phi) is 8.73. The fourth-order valence-electron chi connectivity index (χ4n) is 2.82. The molecule has 0 bridgehead atoms. The number of nitro benzene ring substituents is 1. The van der Waals surface area contributed by atoms with E-state index in [0.717, 1.165) is 42.6 Å². The van der Waals surface area contributed by atoms with Gasteiger partial charge in [0.1, 0.15) is 17.2 Å². The van der Waals surface area contributed by atoms with Crippen molar-refractivity contribution in [2.75, 3.05) is 10.1 Å². The summed E-state index contributed by atoms with van der Waals surface area (Å²) in [7, 11) is -4.21. The molecule has 0 aliphatic heterocycles. The van der Waals surface area contributed by atoms with Gasteiger partial charge in [0.2, 0.25) is 0 Å². The number of rotatable bonds is 11. The number of hydrogen-bond donors (Lipinski definition) is 2. The Morgan fingerprint density at radius 3 is 2.27 bits per heavy atom. The van der Waals surface area contributed by atoms with Crippen LogP contribution >= 0.6 is 11.6 Å². The summed E-state index contributed by atoms with van der Waals surface area (Å²) in [4.78, 5) is 10.3.